The highest BCUT2D eigenvalue weighted by molar-refractivity contribution is 5.95. The fourth-order valence-corrected chi connectivity index (χ4v) is 2.49. The van der Waals surface area contributed by atoms with Gasteiger partial charge in [0.05, 0.1) is 0 Å². The fourth-order valence-electron chi connectivity index (χ4n) is 2.49. The first kappa shape index (κ1) is 13.9. The van der Waals surface area contributed by atoms with E-state index in [9.17, 15) is 4.79 Å². The van der Waals surface area contributed by atoms with Gasteiger partial charge in [0, 0.05) is 19.2 Å². The summed E-state index contributed by atoms with van der Waals surface area (Å²) in [7, 11) is 0. The van der Waals surface area contributed by atoms with Crippen molar-refractivity contribution in [1.29, 1.82) is 0 Å². The van der Waals surface area contributed by atoms with Gasteiger partial charge in [-0.2, -0.15) is 0 Å². The number of amides is 1. The number of aryl methyl sites for hydroxylation is 1. The Morgan fingerprint density at radius 2 is 1.74 bits per heavy atom. The van der Waals surface area contributed by atoms with Gasteiger partial charge in [-0.05, 0) is 36.8 Å². The lowest BCUT2D eigenvalue weighted by Gasteiger charge is -2.16. The molecule has 19 heavy (non-hydrogen) atoms. The molecule has 1 aliphatic rings. The molecule has 0 atom stereocenters. The molecule has 1 aliphatic heterocycles. The summed E-state index contributed by atoms with van der Waals surface area (Å²) in [5.74, 6) is 0.524. The summed E-state index contributed by atoms with van der Waals surface area (Å²) >= 11 is 0. The maximum absolute atomic E-state index is 12.2. The van der Waals surface area contributed by atoms with Gasteiger partial charge in [0.15, 0.2) is 0 Å². The van der Waals surface area contributed by atoms with E-state index < -0.39 is 0 Å². The molecule has 0 aliphatic carbocycles. The van der Waals surface area contributed by atoms with Crippen molar-refractivity contribution in [1.82, 2.24) is 4.90 Å². The highest BCUT2D eigenvalue weighted by atomic mass is 16.2. The number of hydrogen-bond donors (Lipinski definition) is 0. The highest BCUT2D eigenvalue weighted by Gasteiger charge is 2.17. The maximum atomic E-state index is 12.2. The first-order valence-electron chi connectivity index (χ1n) is 7.15. The second-order valence-electron chi connectivity index (χ2n) is 5.65. The smallest absolute Gasteiger partial charge is 0.246 e. The number of likely N-dealkylation sites (tertiary alicyclic amines) is 1. The Balaban J connectivity index is 2.24. The second kappa shape index (κ2) is 6.05. The maximum Gasteiger partial charge on any atom is 0.246 e. The van der Waals surface area contributed by atoms with Gasteiger partial charge in [-0.15, -0.1) is 0 Å². The zero-order valence-electron chi connectivity index (χ0n) is 12.1. The predicted molar refractivity (Wildman–Crippen MR) is 79.8 cm³/mol. The summed E-state index contributed by atoms with van der Waals surface area (Å²) in [6, 6.07) is 8.43. The molecule has 1 fully saturated rings. The van der Waals surface area contributed by atoms with Crippen molar-refractivity contribution in [2.24, 2.45) is 5.92 Å². The van der Waals surface area contributed by atoms with Gasteiger partial charge in [0.2, 0.25) is 5.91 Å². The number of benzene rings is 1. The Morgan fingerprint density at radius 1 is 1.16 bits per heavy atom. The van der Waals surface area contributed by atoms with Crippen LogP contribution in [0.25, 0.3) is 5.57 Å². The molecule has 0 radical (unpaired) electrons. The number of carbonyl (C=O) groups is 1. The lowest BCUT2D eigenvalue weighted by atomic mass is 9.94. The molecular weight excluding hydrogens is 234 g/mol. The molecule has 1 amide bonds. The average Bonchev–Trinajstić information content (AvgIpc) is 2.90. The van der Waals surface area contributed by atoms with E-state index in [2.05, 4.69) is 45.0 Å². The number of rotatable bonds is 3. The van der Waals surface area contributed by atoms with E-state index in [1.165, 1.54) is 5.56 Å². The van der Waals surface area contributed by atoms with E-state index in [0.29, 0.717) is 5.92 Å². The summed E-state index contributed by atoms with van der Waals surface area (Å²) in [5, 5.41) is 0. The van der Waals surface area contributed by atoms with Gasteiger partial charge >= 0.3 is 0 Å². The van der Waals surface area contributed by atoms with Crippen molar-refractivity contribution < 1.29 is 4.79 Å². The SMILES string of the molecule is Cc1ccc(/C(=C/C(=O)N2CCCC2)C(C)C)cc1. The first-order chi connectivity index (χ1) is 9.08. The van der Waals surface area contributed by atoms with E-state index in [1.54, 1.807) is 0 Å². The summed E-state index contributed by atoms with van der Waals surface area (Å²) in [6.07, 6.45) is 4.11. The van der Waals surface area contributed by atoms with Gasteiger partial charge in [0.25, 0.3) is 0 Å². The minimum atomic E-state index is 0.168. The van der Waals surface area contributed by atoms with E-state index >= 15 is 0 Å². The summed E-state index contributed by atoms with van der Waals surface area (Å²) in [5.41, 5.74) is 3.54. The molecule has 0 N–H and O–H groups in total. The Bertz CT molecular complexity index is 465. The Morgan fingerprint density at radius 3 is 2.26 bits per heavy atom. The van der Waals surface area contributed by atoms with Gasteiger partial charge in [0.1, 0.15) is 0 Å². The largest absolute Gasteiger partial charge is 0.339 e. The molecule has 1 saturated heterocycles. The van der Waals surface area contributed by atoms with Crippen LogP contribution in [0.5, 0.6) is 0 Å². The molecule has 1 heterocycles. The highest BCUT2D eigenvalue weighted by Crippen LogP contribution is 2.24. The van der Waals surface area contributed by atoms with E-state index in [4.69, 9.17) is 0 Å². The van der Waals surface area contributed by atoms with Crippen LogP contribution in [-0.2, 0) is 4.79 Å². The minimum absolute atomic E-state index is 0.168. The van der Waals surface area contributed by atoms with Gasteiger partial charge in [-0.1, -0.05) is 43.7 Å². The van der Waals surface area contributed by atoms with Crippen LogP contribution in [0.2, 0.25) is 0 Å². The quantitative estimate of drug-likeness (QED) is 0.757. The standard InChI is InChI=1S/C17H23NO/c1-13(2)16(15-8-6-14(3)7-9-15)12-17(19)18-10-4-5-11-18/h6-9,12-13H,4-5,10-11H2,1-3H3/b16-12+. The lowest BCUT2D eigenvalue weighted by Crippen LogP contribution is -2.26. The van der Waals surface area contributed by atoms with Crippen LogP contribution in [0.4, 0.5) is 0 Å². The number of hydrogen-bond acceptors (Lipinski definition) is 1. The molecule has 0 aromatic heterocycles. The number of nitrogens with zero attached hydrogens (tertiary/aromatic N) is 1. The minimum Gasteiger partial charge on any atom is -0.339 e. The second-order valence-corrected chi connectivity index (χ2v) is 5.65. The molecule has 1 aromatic rings. The predicted octanol–water partition coefficient (Wildman–Crippen LogP) is 3.66. The average molecular weight is 257 g/mol. The van der Waals surface area contributed by atoms with Crippen LogP contribution < -0.4 is 0 Å². The normalized spacial score (nSPS) is 16.2. The molecule has 2 rings (SSSR count). The molecule has 2 nitrogen and oxygen atoms in total. The molecule has 0 bridgehead atoms. The fraction of sp³-hybridized carbons (Fsp3) is 0.471. The molecule has 2 heteroatoms. The Hall–Kier alpha value is -1.57. The van der Waals surface area contributed by atoms with Crippen molar-refractivity contribution in [2.45, 2.75) is 33.6 Å². The van der Waals surface area contributed by atoms with E-state index in [1.807, 2.05) is 11.0 Å². The van der Waals surface area contributed by atoms with Crippen molar-refractivity contribution in [3.8, 4) is 0 Å². The molecule has 102 valence electrons. The monoisotopic (exact) mass is 257 g/mol. The summed E-state index contributed by atoms with van der Waals surface area (Å²) in [4.78, 5) is 14.2. The third-order valence-electron chi connectivity index (χ3n) is 3.70. The molecule has 0 saturated carbocycles. The molecular formula is C17H23NO. The van der Waals surface area contributed by atoms with E-state index in [-0.39, 0.29) is 5.91 Å². The van der Waals surface area contributed by atoms with Crippen molar-refractivity contribution >= 4 is 11.5 Å². The Kier molecular flexibility index (Phi) is 4.41. The Labute approximate surface area is 116 Å². The van der Waals surface area contributed by atoms with Gasteiger partial charge in [-0.25, -0.2) is 0 Å². The number of allylic oxidation sites excluding steroid dienone is 1. The van der Waals surface area contributed by atoms with Gasteiger partial charge < -0.3 is 4.90 Å². The third-order valence-corrected chi connectivity index (χ3v) is 3.70. The lowest BCUT2D eigenvalue weighted by molar-refractivity contribution is -0.124. The zero-order chi connectivity index (χ0) is 13.8. The summed E-state index contributed by atoms with van der Waals surface area (Å²) < 4.78 is 0. The first-order valence-corrected chi connectivity index (χ1v) is 7.15. The molecule has 0 spiro atoms. The van der Waals surface area contributed by atoms with Crippen LogP contribution in [0.3, 0.4) is 0 Å². The van der Waals surface area contributed by atoms with Crippen LogP contribution in [0, 0.1) is 12.8 Å². The van der Waals surface area contributed by atoms with Crippen LogP contribution in [0.15, 0.2) is 30.3 Å². The van der Waals surface area contributed by atoms with E-state index in [0.717, 1.165) is 37.1 Å². The van der Waals surface area contributed by atoms with Crippen LogP contribution >= 0.6 is 0 Å². The third kappa shape index (κ3) is 3.46. The topological polar surface area (TPSA) is 20.3 Å². The number of carbonyl (C=O) groups excluding carboxylic acids is 1. The van der Waals surface area contributed by atoms with Crippen LogP contribution in [0.1, 0.15) is 37.8 Å². The van der Waals surface area contributed by atoms with Gasteiger partial charge in [-0.3, -0.25) is 4.79 Å². The van der Waals surface area contributed by atoms with Crippen molar-refractivity contribution in [3.05, 3.63) is 41.5 Å². The zero-order valence-corrected chi connectivity index (χ0v) is 12.1. The summed E-state index contributed by atoms with van der Waals surface area (Å²) in [6.45, 7) is 8.19. The van der Waals surface area contributed by atoms with Crippen LogP contribution in [-0.4, -0.2) is 23.9 Å². The van der Waals surface area contributed by atoms with Crippen molar-refractivity contribution in [3.63, 3.8) is 0 Å². The van der Waals surface area contributed by atoms with Crippen molar-refractivity contribution in [2.75, 3.05) is 13.1 Å². The molecule has 0 unspecified atom stereocenters. The molecule has 1 aromatic carbocycles.